The van der Waals surface area contributed by atoms with Gasteiger partial charge in [-0.1, -0.05) is 12.1 Å². The maximum atomic E-state index is 13.0. The molecule has 1 aromatic rings. The van der Waals surface area contributed by atoms with Gasteiger partial charge in [-0.3, -0.25) is 4.79 Å². The number of rotatable bonds is 2. The molecule has 4 nitrogen and oxygen atoms in total. The van der Waals surface area contributed by atoms with E-state index in [1.54, 1.807) is 13.0 Å². The van der Waals surface area contributed by atoms with Crippen molar-refractivity contribution in [3.63, 3.8) is 0 Å². The van der Waals surface area contributed by atoms with Crippen molar-refractivity contribution < 1.29 is 18.7 Å². The van der Waals surface area contributed by atoms with E-state index in [1.165, 1.54) is 18.2 Å². The normalized spacial score (nSPS) is 9.47. The van der Waals surface area contributed by atoms with Crippen LogP contribution in [0.15, 0.2) is 24.3 Å². The fourth-order valence-corrected chi connectivity index (χ4v) is 0.933. The Morgan fingerprint density at radius 1 is 1.40 bits per heavy atom. The van der Waals surface area contributed by atoms with E-state index >= 15 is 0 Å². The predicted octanol–water partition coefficient (Wildman–Crippen LogP) is 1.33. The van der Waals surface area contributed by atoms with Crippen molar-refractivity contribution in [1.82, 2.24) is 0 Å². The molecule has 0 unspecified atom stereocenters. The zero-order valence-electron chi connectivity index (χ0n) is 8.12. The number of para-hydroxylation sites is 1. The molecule has 0 bridgehead atoms. The Kier molecular flexibility index (Phi) is 3.79. The number of hydrogen-bond acceptors (Lipinski definition) is 3. The molecular formula is C10H10FNO3. The van der Waals surface area contributed by atoms with Gasteiger partial charge in [0.2, 0.25) is 0 Å². The average Bonchev–Trinajstić information content (AvgIpc) is 2.21. The number of halogens is 1. The van der Waals surface area contributed by atoms with E-state index in [2.05, 4.69) is 10.1 Å². The fraction of sp³-hybridized carbons (Fsp3) is 0.200. The van der Waals surface area contributed by atoms with Crippen LogP contribution < -0.4 is 5.32 Å². The first-order valence-corrected chi connectivity index (χ1v) is 4.37. The van der Waals surface area contributed by atoms with Crippen LogP contribution in [0.3, 0.4) is 0 Å². The van der Waals surface area contributed by atoms with E-state index in [4.69, 9.17) is 0 Å². The van der Waals surface area contributed by atoms with Crippen LogP contribution in [0.4, 0.5) is 10.1 Å². The summed E-state index contributed by atoms with van der Waals surface area (Å²) in [7, 11) is 0. The Morgan fingerprint density at radius 2 is 2.07 bits per heavy atom. The first kappa shape index (κ1) is 11.2. The van der Waals surface area contributed by atoms with Crippen LogP contribution in [0.1, 0.15) is 6.92 Å². The maximum absolute atomic E-state index is 13.0. The minimum atomic E-state index is -1.03. The summed E-state index contributed by atoms with van der Waals surface area (Å²) < 4.78 is 17.5. The van der Waals surface area contributed by atoms with Gasteiger partial charge in [-0.15, -0.1) is 0 Å². The molecule has 0 saturated carbocycles. The largest absolute Gasteiger partial charge is 0.459 e. The number of benzene rings is 1. The molecule has 1 N–H and O–H groups in total. The number of carbonyl (C=O) groups excluding carboxylic acids is 2. The molecule has 0 spiro atoms. The van der Waals surface area contributed by atoms with Gasteiger partial charge in [0.25, 0.3) is 0 Å². The Hall–Kier alpha value is -1.91. The van der Waals surface area contributed by atoms with Crippen LogP contribution in [0, 0.1) is 5.82 Å². The lowest BCUT2D eigenvalue weighted by Crippen LogP contribution is -2.25. The lowest BCUT2D eigenvalue weighted by Gasteiger charge is -2.04. The van der Waals surface area contributed by atoms with Crippen LogP contribution in [-0.2, 0) is 14.3 Å². The average molecular weight is 211 g/mol. The maximum Gasteiger partial charge on any atom is 0.397 e. The summed E-state index contributed by atoms with van der Waals surface area (Å²) in [5, 5.41) is 2.11. The molecule has 0 aliphatic carbocycles. The minimum absolute atomic E-state index is 0.0458. The van der Waals surface area contributed by atoms with Crippen molar-refractivity contribution in [2.75, 3.05) is 11.9 Å². The number of nitrogens with one attached hydrogen (secondary N) is 1. The number of esters is 1. The molecule has 0 saturated heterocycles. The topological polar surface area (TPSA) is 55.4 Å². The van der Waals surface area contributed by atoms with E-state index in [-0.39, 0.29) is 12.3 Å². The highest BCUT2D eigenvalue weighted by Gasteiger charge is 2.15. The minimum Gasteiger partial charge on any atom is -0.459 e. The van der Waals surface area contributed by atoms with Crippen molar-refractivity contribution in [3.8, 4) is 0 Å². The van der Waals surface area contributed by atoms with E-state index in [1.807, 2.05) is 0 Å². The third-order valence-electron chi connectivity index (χ3n) is 1.58. The lowest BCUT2D eigenvalue weighted by atomic mass is 10.3. The smallest absolute Gasteiger partial charge is 0.397 e. The number of ether oxygens (including phenoxy) is 1. The number of amides is 1. The Bertz CT molecular complexity index is 379. The standard InChI is InChI=1S/C10H10FNO3/c1-2-15-10(14)9(13)12-8-6-4-3-5-7(8)11/h3-6H,2H2,1H3,(H,12,13). The number of carbonyl (C=O) groups is 2. The Morgan fingerprint density at radius 3 is 2.67 bits per heavy atom. The third kappa shape index (κ3) is 3.05. The molecule has 1 amide bonds. The summed E-state index contributed by atoms with van der Waals surface area (Å²) in [6, 6.07) is 5.56. The summed E-state index contributed by atoms with van der Waals surface area (Å²) in [6.07, 6.45) is 0. The van der Waals surface area contributed by atoms with E-state index in [0.717, 1.165) is 0 Å². The zero-order valence-corrected chi connectivity index (χ0v) is 8.12. The van der Waals surface area contributed by atoms with Gasteiger partial charge in [0.1, 0.15) is 5.82 Å². The second-order valence-electron chi connectivity index (χ2n) is 2.65. The van der Waals surface area contributed by atoms with Gasteiger partial charge in [-0.2, -0.15) is 0 Å². The summed E-state index contributed by atoms with van der Waals surface area (Å²) in [5.74, 6) is -2.61. The summed E-state index contributed by atoms with van der Waals surface area (Å²) in [6.45, 7) is 1.68. The van der Waals surface area contributed by atoms with Gasteiger partial charge in [-0.25, -0.2) is 9.18 Å². The molecule has 1 rings (SSSR count). The summed E-state index contributed by atoms with van der Waals surface area (Å²) in [5.41, 5.74) is -0.0458. The van der Waals surface area contributed by atoms with Gasteiger partial charge in [0.15, 0.2) is 0 Å². The Labute approximate surface area is 86.0 Å². The molecule has 15 heavy (non-hydrogen) atoms. The molecule has 0 aromatic heterocycles. The first-order chi connectivity index (χ1) is 7.15. The molecule has 0 radical (unpaired) electrons. The van der Waals surface area contributed by atoms with Crippen molar-refractivity contribution in [3.05, 3.63) is 30.1 Å². The third-order valence-corrected chi connectivity index (χ3v) is 1.58. The van der Waals surface area contributed by atoms with Crippen molar-refractivity contribution in [2.45, 2.75) is 6.92 Å². The Balaban J connectivity index is 2.67. The van der Waals surface area contributed by atoms with Crippen LogP contribution in [0.25, 0.3) is 0 Å². The fourth-order valence-electron chi connectivity index (χ4n) is 0.933. The first-order valence-electron chi connectivity index (χ1n) is 4.37. The lowest BCUT2D eigenvalue weighted by molar-refractivity contribution is -0.152. The number of anilines is 1. The molecule has 5 heteroatoms. The number of hydrogen-bond donors (Lipinski definition) is 1. The summed E-state index contributed by atoms with van der Waals surface area (Å²) >= 11 is 0. The second kappa shape index (κ2) is 5.09. The van der Waals surface area contributed by atoms with Gasteiger partial charge in [0, 0.05) is 0 Å². The summed E-state index contributed by atoms with van der Waals surface area (Å²) in [4.78, 5) is 22.0. The van der Waals surface area contributed by atoms with Crippen molar-refractivity contribution >= 4 is 17.6 Å². The molecule has 0 atom stereocenters. The van der Waals surface area contributed by atoms with E-state index in [9.17, 15) is 14.0 Å². The molecule has 0 heterocycles. The molecule has 80 valence electrons. The molecule has 0 fully saturated rings. The van der Waals surface area contributed by atoms with Gasteiger partial charge in [-0.05, 0) is 19.1 Å². The monoisotopic (exact) mass is 211 g/mol. The van der Waals surface area contributed by atoms with Crippen molar-refractivity contribution in [2.24, 2.45) is 0 Å². The SMILES string of the molecule is CCOC(=O)C(=O)Nc1ccccc1F. The second-order valence-corrected chi connectivity index (χ2v) is 2.65. The molecular weight excluding hydrogens is 201 g/mol. The highest BCUT2D eigenvalue weighted by atomic mass is 19.1. The highest BCUT2D eigenvalue weighted by molar-refractivity contribution is 6.37. The van der Waals surface area contributed by atoms with Gasteiger partial charge >= 0.3 is 11.9 Å². The predicted molar refractivity (Wildman–Crippen MR) is 51.7 cm³/mol. The van der Waals surface area contributed by atoms with Gasteiger partial charge in [0.05, 0.1) is 12.3 Å². The zero-order chi connectivity index (χ0) is 11.3. The quantitative estimate of drug-likeness (QED) is 0.593. The van der Waals surface area contributed by atoms with Crippen LogP contribution >= 0.6 is 0 Å². The molecule has 1 aromatic carbocycles. The highest BCUT2D eigenvalue weighted by Crippen LogP contribution is 2.11. The van der Waals surface area contributed by atoms with Gasteiger partial charge < -0.3 is 10.1 Å². The van der Waals surface area contributed by atoms with Crippen LogP contribution in [0.5, 0.6) is 0 Å². The van der Waals surface area contributed by atoms with Crippen molar-refractivity contribution in [1.29, 1.82) is 0 Å². The molecule has 0 aliphatic rings. The molecule has 0 aliphatic heterocycles. The van der Waals surface area contributed by atoms with Crippen LogP contribution in [0.2, 0.25) is 0 Å². The van der Waals surface area contributed by atoms with E-state index < -0.39 is 17.7 Å². The van der Waals surface area contributed by atoms with Crippen LogP contribution in [-0.4, -0.2) is 18.5 Å². The van der Waals surface area contributed by atoms with E-state index in [0.29, 0.717) is 0 Å².